The van der Waals surface area contributed by atoms with E-state index < -0.39 is 0 Å². The lowest BCUT2D eigenvalue weighted by Gasteiger charge is -2.04. The molecular weight excluding hydrogens is 411 g/mol. The number of carbonyl (C=O) groups excluding carboxylic acids is 1. The number of carbonyl (C=O) groups is 1. The van der Waals surface area contributed by atoms with Gasteiger partial charge in [0.25, 0.3) is 5.91 Å². The van der Waals surface area contributed by atoms with Gasteiger partial charge in [0.1, 0.15) is 0 Å². The molecule has 1 heterocycles. The van der Waals surface area contributed by atoms with E-state index in [4.69, 9.17) is 28.3 Å². The molecule has 0 aliphatic rings. The van der Waals surface area contributed by atoms with E-state index in [1.54, 1.807) is 18.2 Å². The van der Waals surface area contributed by atoms with Crippen molar-refractivity contribution >= 4 is 46.1 Å². The lowest BCUT2D eigenvalue weighted by molar-refractivity contribution is -0.685. The molecule has 8 heteroatoms. The van der Waals surface area contributed by atoms with Gasteiger partial charge >= 0.3 is 0 Å². The maximum absolute atomic E-state index is 12.1. The van der Waals surface area contributed by atoms with Gasteiger partial charge in [-0.2, -0.15) is 4.57 Å². The maximum atomic E-state index is 12.1. The lowest BCUT2D eigenvalue weighted by atomic mass is 10.3. The van der Waals surface area contributed by atoms with Crippen LogP contribution in [-0.4, -0.2) is 17.6 Å². The Kier molecular flexibility index (Phi) is 7.79. The topological polar surface area (TPSA) is 53.2 Å². The molecule has 0 aliphatic heterocycles. The molecule has 22 heavy (non-hydrogen) atoms. The minimum atomic E-state index is -0.158. The van der Waals surface area contributed by atoms with E-state index >= 15 is 0 Å². The summed E-state index contributed by atoms with van der Waals surface area (Å²) in [4.78, 5) is 13.1. The van der Waals surface area contributed by atoms with E-state index in [0.717, 1.165) is 10.6 Å². The van der Waals surface area contributed by atoms with Crippen molar-refractivity contribution in [1.82, 2.24) is 0 Å². The summed E-state index contributed by atoms with van der Waals surface area (Å²) in [6.07, 6.45) is 0.606. The van der Waals surface area contributed by atoms with Crippen LogP contribution in [0.15, 0.2) is 23.7 Å². The predicted molar refractivity (Wildman–Crippen MR) is 85.1 cm³/mol. The van der Waals surface area contributed by atoms with Crippen molar-refractivity contribution in [1.29, 1.82) is 0 Å². The number of nitrogens with zero attached hydrogens (tertiary/aromatic N) is 1. The molecule has 0 aliphatic carbocycles. The normalized spacial score (nSPS) is 10.2. The van der Waals surface area contributed by atoms with E-state index in [9.17, 15) is 4.79 Å². The van der Waals surface area contributed by atoms with Crippen molar-refractivity contribution in [3.8, 4) is 0 Å². The molecule has 120 valence electrons. The van der Waals surface area contributed by atoms with E-state index in [2.05, 4.69) is 5.32 Å². The molecule has 1 aromatic heterocycles. The molecule has 4 nitrogen and oxygen atoms in total. The first kappa shape index (κ1) is 19.4. The third-order valence-electron chi connectivity index (χ3n) is 2.96. The zero-order chi connectivity index (χ0) is 15.4. The molecule has 0 radical (unpaired) electrons. The summed E-state index contributed by atoms with van der Waals surface area (Å²) in [5.41, 5.74) is 3.44. The Morgan fingerprint density at radius 1 is 1.32 bits per heavy atom. The fourth-order valence-electron chi connectivity index (χ4n) is 1.93. The van der Waals surface area contributed by atoms with E-state index in [1.807, 2.05) is 17.0 Å². The Hall–Kier alpha value is -0.660. The number of halogens is 3. The minimum absolute atomic E-state index is 0. The van der Waals surface area contributed by atoms with Gasteiger partial charge in [0.05, 0.1) is 4.88 Å². The first-order valence-electron chi connectivity index (χ1n) is 6.33. The third kappa shape index (κ3) is 5.21. The van der Waals surface area contributed by atoms with Gasteiger partial charge in [-0.15, -0.1) is 0 Å². The highest BCUT2D eigenvalue weighted by Crippen LogP contribution is 2.22. The van der Waals surface area contributed by atoms with E-state index in [0.29, 0.717) is 22.2 Å². The van der Waals surface area contributed by atoms with Crippen LogP contribution in [0.5, 0.6) is 0 Å². The third-order valence-corrected chi connectivity index (χ3v) is 4.54. The van der Waals surface area contributed by atoms with Crippen LogP contribution in [0, 0.1) is 6.92 Å². The van der Waals surface area contributed by atoms with Crippen LogP contribution in [-0.2, 0) is 17.8 Å². The first-order chi connectivity index (χ1) is 9.99. The SMILES string of the molecule is Cc1c(CCO)sc[n+]1CC(=O)Nc1cc(Cl)cc(Cl)c1.[Br-]. The van der Waals surface area contributed by atoms with Crippen molar-refractivity contribution in [2.75, 3.05) is 11.9 Å². The van der Waals surface area contributed by atoms with Gasteiger partial charge in [0, 0.05) is 35.7 Å². The molecule has 1 aromatic carbocycles. The van der Waals surface area contributed by atoms with Crippen LogP contribution in [0.4, 0.5) is 5.69 Å². The van der Waals surface area contributed by atoms with Gasteiger partial charge in [-0.05, 0) is 18.2 Å². The summed E-state index contributed by atoms with van der Waals surface area (Å²) in [5.74, 6) is -0.158. The number of benzene rings is 1. The number of anilines is 1. The number of aliphatic hydroxyl groups is 1. The molecule has 0 saturated carbocycles. The second-order valence-corrected chi connectivity index (χ2v) is 6.35. The largest absolute Gasteiger partial charge is 1.00 e. The van der Waals surface area contributed by atoms with Gasteiger partial charge in [-0.3, -0.25) is 4.79 Å². The average Bonchev–Trinajstić information content (AvgIpc) is 2.70. The highest BCUT2D eigenvalue weighted by Gasteiger charge is 2.18. The summed E-state index contributed by atoms with van der Waals surface area (Å²) in [7, 11) is 0. The van der Waals surface area contributed by atoms with Crippen molar-refractivity contribution < 1.29 is 31.4 Å². The highest BCUT2D eigenvalue weighted by molar-refractivity contribution is 7.09. The van der Waals surface area contributed by atoms with Crippen LogP contribution in [0.25, 0.3) is 0 Å². The predicted octanol–water partition coefficient (Wildman–Crippen LogP) is -0.172. The summed E-state index contributed by atoms with van der Waals surface area (Å²) in [6.45, 7) is 2.25. The maximum Gasteiger partial charge on any atom is 0.290 e. The molecule has 0 spiro atoms. The molecule has 2 N–H and O–H groups in total. The number of amides is 1. The molecular formula is C14H15BrCl2N2O2S. The molecule has 0 atom stereocenters. The number of nitrogens with one attached hydrogen (secondary N) is 1. The van der Waals surface area contributed by atoms with Crippen LogP contribution in [0.3, 0.4) is 0 Å². The van der Waals surface area contributed by atoms with Crippen LogP contribution in [0.1, 0.15) is 10.6 Å². The first-order valence-corrected chi connectivity index (χ1v) is 7.96. The van der Waals surface area contributed by atoms with Gasteiger partial charge in [0.15, 0.2) is 5.69 Å². The van der Waals surface area contributed by atoms with Crippen LogP contribution in [0.2, 0.25) is 10.0 Å². The van der Waals surface area contributed by atoms with E-state index in [-0.39, 0.29) is 36.0 Å². The van der Waals surface area contributed by atoms with Crippen molar-refractivity contribution in [2.45, 2.75) is 19.9 Å². The van der Waals surface area contributed by atoms with Crippen molar-refractivity contribution in [2.24, 2.45) is 0 Å². The molecule has 0 unspecified atom stereocenters. The number of rotatable bonds is 5. The molecule has 1 amide bonds. The average molecular weight is 426 g/mol. The zero-order valence-electron chi connectivity index (χ0n) is 11.8. The quantitative estimate of drug-likeness (QED) is 0.653. The Morgan fingerprint density at radius 3 is 2.55 bits per heavy atom. The standard InChI is InChI=1S/C14H14Cl2N2O2S.BrH/c1-9-13(2-3-19)21-8-18(9)7-14(20)17-12-5-10(15)4-11(16)6-12;/h4-6,8,19H,2-3,7H2,1H3;1H. The number of hydrogen-bond donors (Lipinski definition) is 2. The Labute approximate surface area is 153 Å². The van der Waals surface area contributed by atoms with Crippen molar-refractivity contribution in [3.05, 3.63) is 44.3 Å². The fourth-order valence-corrected chi connectivity index (χ4v) is 3.44. The molecule has 0 saturated heterocycles. The van der Waals surface area contributed by atoms with Gasteiger partial charge in [0.2, 0.25) is 12.1 Å². The van der Waals surface area contributed by atoms with Crippen molar-refractivity contribution in [3.63, 3.8) is 0 Å². The Balaban J connectivity index is 0.00000242. The minimum Gasteiger partial charge on any atom is -1.00 e. The molecule has 2 aromatic rings. The zero-order valence-corrected chi connectivity index (χ0v) is 15.7. The number of hydrogen-bond acceptors (Lipinski definition) is 3. The Morgan fingerprint density at radius 2 is 1.95 bits per heavy atom. The van der Waals surface area contributed by atoms with Crippen LogP contribution >= 0.6 is 34.5 Å². The number of aliphatic hydroxyl groups excluding tert-OH is 1. The molecule has 2 rings (SSSR count). The van der Waals surface area contributed by atoms with Gasteiger partial charge in [-0.25, -0.2) is 0 Å². The van der Waals surface area contributed by atoms with Gasteiger partial charge in [-0.1, -0.05) is 34.5 Å². The fraction of sp³-hybridized carbons (Fsp3) is 0.286. The number of aromatic nitrogens is 1. The van der Waals surface area contributed by atoms with Gasteiger partial charge < -0.3 is 27.4 Å². The summed E-state index contributed by atoms with van der Waals surface area (Å²) >= 11 is 13.3. The lowest BCUT2D eigenvalue weighted by Crippen LogP contribution is -3.00. The monoisotopic (exact) mass is 424 g/mol. The van der Waals surface area contributed by atoms with E-state index in [1.165, 1.54) is 11.3 Å². The second kappa shape index (κ2) is 8.84. The molecule has 0 fully saturated rings. The summed E-state index contributed by atoms with van der Waals surface area (Å²) < 4.78 is 1.86. The Bertz CT molecular complexity index is 644. The van der Waals surface area contributed by atoms with Crippen LogP contribution < -0.4 is 26.9 Å². The summed E-state index contributed by atoms with van der Waals surface area (Å²) in [5, 5.41) is 12.7. The smallest absolute Gasteiger partial charge is 0.290 e. The summed E-state index contributed by atoms with van der Waals surface area (Å²) in [6, 6.07) is 4.90. The highest BCUT2D eigenvalue weighted by atomic mass is 79.9. The number of thiazole rings is 1. The second-order valence-electron chi connectivity index (χ2n) is 4.54. The molecule has 0 bridgehead atoms.